The highest BCUT2D eigenvalue weighted by Gasteiger charge is 2.14. The van der Waals surface area contributed by atoms with Crippen LogP contribution >= 0.6 is 0 Å². The second kappa shape index (κ2) is 4.31. The molecule has 0 aliphatic carbocycles. The summed E-state index contributed by atoms with van der Waals surface area (Å²) in [6.07, 6.45) is 1.76. The van der Waals surface area contributed by atoms with E-state index in [1.807, 2.05) is 7.05 Å². The summed E-state index contributed by atoms with van der Waals surface area (Å²) in [6, 6.07) is 2.08. The first-order chi connectivity index (χ1) is 6.56. The van der Waals surface area contributed by atoms with E-state index < -0.39 is 0 Å². The molecule has 1 aromatic rings. The van der Waals surface area contributed by atoms with Gasteiger partial charge in [0.05, 0.1) is 11.9 Å². The Hall–Kier alpha value is -1.25. The molecule has 3 N–H and O–H groups in total. The SMILES string of the molecule is CNc1cnc(N)c([C@H](C)C(C)C)c1. The van der Waals surface area contributed by atoms with Crippen molar-refractivity contribution in [1.29, 1.82) is 0 Å². The van der Waals surface area contributed by atoms with Crippen LogP contribution in [0.2, 0.25) is 0 Å². The van der Waals surface area contributed by atoms with E-state index in [0.717, 1.165) is 11.3 Å². The van der Waals surface area contributed by atoms with Crippen LogP contribution in [-0.4, -0.2) is 12.0 Å². The predicted octanol–water partition coefficient (Wildman–Crippen LogP) is 2.47. The number of nitrogens with zero attached hydrogens (tertiary/aromatic N) is 1. The van der Waals surface area contributed by atoms with Gasteiger partial charge in [0, 0.05) is 7.05 Å². The first-order valence-electron chi connectivity index (χ1n) is 4.99. The number of aromatic nitrogens is 1. The lowest BCUT2D eigenvalue weighted by Gasteiger charge is -2.18. The number of nitrogens with two attached hydrogens (primary N) is 1. The van der Waals surface area contributed by atoms with Crippen molar-refractivity contribution in [2.45, 2.75) is 26.7 Å². The van der Waals surface area contributed by atoms with Crippen LogP contribution in [0.1, 0.15) is 32.3 Å². The monoisotopic (exact) mass is 193 g/mol. The van der Waals surface area contributed by atoms with Crippen LogP contribution in [0, 0.1) is 5.92 Å². The van der Waals surface area contributed by atoms with E-state index in [9.17, 15) is 0 Å². The summed E-state index contributed by atoms with van der Waals surface area (Å²) >= 11 is 0. The zero-order valence-electron chi connectivity index (χ0n) is 9.33. The van der Waals surface area contributed by atoms with Crippen LogP contribution in [0.15, 0.2) is 12.3 Å². The maximum atomic E-state index is 5.84. The molecule has 78 valence electrons. The molecule has 3 nitrogen and oxygen atoms in total. The van der Waals surface area contributed by atoms with E-state index in [-0.39, 0.29) is 0 Å². The molecule has 0 unspecified atom stereocenters. The molecule has 1 aromatic heterocycles. The molecule has 1 heterocycles. The van der Waals surface area contributed by atoms with E-state index >= 15 is 0 Å². The number of nitrogens with one attached hydrogen (secondary N) is 1. The highest BCUT2D eigenvalue weighted by Crippen LogP contribution is 2.28. The second-order valence-corrected chi connectivity index (χ2v) is 3.98. The molecule has 0 fully saturated rings. The fraction of sp³-hybridized carbons (Fsp3) is 0.545. The van der Waals surface area contributed by atoms with Gasteiger partial charge in [-0.25, -0.2) is 4.98 Å². The van der Waals surface area contributed by atoms with E-state index in [1.54, 1.807) is 6.20 Å². The van der Waals surface area contributed by atoms with Crippen LogP contribution < -0.4 is 11.1 Å². The minimum Gasteiger partial charge on any atom is -0.387 e. The molecule has 0 aromatic carbocycles. The van der Waals surface area contributed by atoms with Gasteiger partial charge in [-0.3, -0.25) is 0 Å². The molecule has 0 amide bonds. The summed E-state index contributed by atoms with van der Waals surface area (Å²) in [5.41, 5.74) is 7.99. The minimum absolute atomic E-state index is 0.441. The Bertz CT molecular complexity index is 307. The summed E-state index contributed by atoms with van der Waals surface area (Å²) in [7, 11) is 1.89. The van der Waals surface area contributed by atoms with Crippen molar-refractivity contribution in [3.8, 4) is 0 Å². The average Bonchev–Trinajstić information content (AvgIpc) is 2.17. The third-order valence-electron chi connectivity index (χ3n) is 2.73. The molecule has 1 rings (SSSR count). The fourth-order valence-electron chi connectivity index (χ4n) is 1.35. The first kappa shape index (κ1) is 10.8. The Kier molecular flexibility index (Phi) is 3.33. The fourth-order valence-corrected chi connectivity index (χ4v) is 1.35. The van der Waals surface area contributed by atoms with Gasteiger partial charge in [-0.15, -0.1) is 0 Å². The van der Waals surface area contributed by atoms with E-state index in [4.69, 9.17) is 5.73 Å². The van der Waals surface area contributed by atoms with E-state index in [2.05, 4.69) is 37.1 Å². The largest absolute Gasteiger partial charge is 0.387 e. The van der Waals surface area contributed by atoms with Gasteiger partial charge in [0.2, 0.25) is 0 Å². The summed E-state index contributed by atoms with van der Waals surface area (Å²) < 4.78 is 0. The van der Waals surface area contributed by atoms with Gasteiger partial charge in [0.15, 0.2) is 0 Å². The van der Waals surface area contributed by atoms with Gasteiger partial charge in [0.1, 0.15) is 5.82 Å². The summed E-state index contributed by atoms with van der Waals surface area (Å²) in [5.74, 6) is 1.66. The van der Waals surface area contributed by atoms with Gasteiger partial charge < -0.3 is 11.1 Å². The van der Waals surface area contributed by atoms with Gasteiger partial charge in [0.25, 0.3) is 0 Å². The molecule has 0 saturated heterocycles. The van der Waals surface area contributed by atoms with Crippen molar-refractivity contribution in [1.82, 2.24) is 4.98 Å². The van der Waals surface area contributed by atoms with Crippen molar-refractivity contribution < 1.29 is 0 Å². The maximum absolute atomic E-state index is 5.84. The first-order valence-corrected chi connectivity index (χ1v) is 4.99. The lowest BCUT2D eigenvalue weighted by atomic mass is 9.90. The molecular weight excluding hydrogens is 174 g/mol. The number of anilines is 2. The molecule has 0 bridgehead atoms. The number of rotatable bonds is 3. The molecule has 0 aliphatic rings. The highest BCUT2D eigenvalue weighted by atomic mass is 14.9. The molecule has 0 aliphatic heterocycles. The van der Waals surface area contributed by atoms with E-state index in [1.165, 1.54) is 0 Å². The molecular formula is C11H19N3. The second-order valence-electron chi connectivity index (χ2n) is 3.98. The molecule has 0 saturated carbocycles. The van der Waals surface area contributed by atoms with Crippen LogP contribution in [0.4, 0.5) is 11.5 Å². The third kappa shape index (κ3) is 2.16. The number of pyridine rings is 1. The molecule has 0 radical (unpaired) electrons. The Labute approximate surface area is 85.7 Å². The lowest BCUT2D eigenvalue weighted by Crippen LogP contribution is -2.07. The lowest BCUT2D eigenvalue weighted by molar-refractivity contribution is 0.535. The van der Waals surface area contributed by atoms with Gasteiger partial charge in [-0.2, -0.15) is 0 Å². The quantitative estimate of drug-likeness (QED) is 0.775. The molecule has 0 spiro atoms. The number of hydrogen-bond donors (Lipinski definition) is 2. The predicted molar refractivity (Wildman–Crippen MR) is 61.4 cm³/mol. The van der Waals surface area contributed by atoms with E-state index in [0.29, 0.717) is 17.7 Å². The van der Waals surface area contributed by atoms with Crippen LogP contribution in [0.3, 0.4) is 0 Å². The summed E-state index contributed by atoms with van der Waals surface area (Å²) in [5, 5.41) is 3.07. The van der Waals surface area contributed by atoms with Crippen molar-refractivity contribution >= 4 is 11.5 Å². The van der Waals surface area contributed by atoms with Crippen LogP contribution in [0.5, 0.6) is 0 Å². The number of hydrogen-bond acceptors (Lipinski definition) is 3. The zero-order chi connectivity index (χ0) is 10.7. The zero-order valence-corrected chi connectivity index (χ0v) is 9.33. The van der Waals surface area contributed by atoms with Crippen molar-refractivity contribution in [3.63, 3.8) is 0 Å². The van der Waals surface area contributed by atoms with Gasteiger partial charge in [-0.05, 0) is 23.5 Å². The standard InChI is InChI=1S/C11H19N3/c1-7(2)8(3)10-5-9(13-4)6-14-11(10)12/h5-8,13H,1-4H3,(H2,12,14)/t8-/m1/s1. The Morgan fingerprint density at radius 2 is 2.00 bits per heavy atom. The van der Waals surface area contributed by atoms with Crippen LogP contribution in [-0.2, 0) is 0 Å². The molecule has 1 atom stereocenters. The Morgan fingerprint density at radius 1 is 1.36 bits per heavy atom. The Balaban J connectivity index is 3.05. The van der Waals surface area contributed by atoms with Gasteiger partial charge >= 0.3 is 0 Å². The smallest absolute Gasteiger partial charge is 0.126 e. The van der Waals surface area contributed by atoms with Crippen molar-refractivity contribution in [2.24, 2.45) is 5.92 Å². The third-order valence-corrected chi connectivity index (χ3v) is 2.73. The van der Waals surface area contributed by atoms with Crippen molar-refractivity contribution in [2.75, 3.05) is 18.1 Å². The normalized spacial score (nSPS) is 12.9. The topological polar surface area (TPSA) is 50.9 Å². The Morgan fingerprint density at radius 3 is 2.50 bits per heavy atom. The summed E-state index contributed by atoms with van der Waals surface area (Å²) in [6.45, 7) is 6.56. The highest BCUT2D eigenvalue weighted by molar-refractivity contribution is 5.52. The molecule has 14 heavy (non-hydrogen) atoms. The summed E-state index contributed by atoms with van der Waals surface area (Å²) in [4.78, 5) is 4.17. The van der Waals surface area contributed by atoms with Gasteiger partial charge in [-0.1, -0.05) is 20.8 Å². The average molecular weight is 193 g/mol. The number of nitrogen functional groups attached to an aromatic ring is 1. The maximum Gasteiger partial charge on any atom is 0.126 e. The van der Waals surface area contributed by atoms with Crippen LogP contribution in [0.25, 0.3) is 0 Å². The minimum atomic E-state index is 0.441. The molecule has 3 heteroatoms. The van der Waals surface area contributed by atoms with Crippen molar-refractivity contribution in [3.05, 3.63) is 17.8 Å².